The fraction of sp³-hybridized carbons (Fsp3) is 0.364. The van der Waals surface area contributed by atoms with Crippen molar-refractivity contribution < 1.29 is 14.3 Å². The monoisotopic (exact) mass is 364 g/mol. The van der Waals surface area contributed by atoms with E-state index in [9.17, 15) is 9.59 Å². The molecule has 140 valence electrons. The summed E-state index contributed by atoms with van der Waals surface area (Å²) in [4.78, 5) is 29.4. The van der Waals surface area contributed by atoms with Crippen LogP contribution < -0.4 is 4.90 Å². The van der Waals surface area contributed by atoms with E-state index >= 15 is 0 Å². The lowest BCUT2D eigenvalue weighted by molar-refractivity contribution is -0.143. The van der Waals surface area contributed by atoms with Gasteiger partial charge in [0.1, 0.15) is 5.92 Å². The van der Waals surface area contributed by atoms with Gasteiger partial charge < -0.3 is 14.5 Å². The molecule has 1 atom stereocenters. The van der Waals surface area contributed by atoms with Gasteiger partial charge in [-0.15, -0.1) is 0 Å². The number of carbonyl (C=O) groups excluding carboxylic acids is 2. The van der Waals surface area contributed by atoms with Crippen LogP contribution in [0.3, 0.4) is 0 Å². The Labute approximate surface area is 159 Å². The molecule has 2 aliphatic rings. The number of hydrogen-bond donors (Lipinski definition) is 0. The van der Waals surface area contributed by atoms with Crippen molar-refractivity contribution in [1.82, 2.24) is 4.90 Å². The zero-order valence-corrected chi connectivity index (χ0v) is 15.3. The van der Waals surface area contributed by atoms with E-state index in [1.54, 1.807) is 9.80 Å². The molecule has 2 saturated heterocycles. The highest BCUT2D eigenvalue weighted by molar-refractivity contribution is 6.10. The third kappa shape index (κ3) is 3.74. The summed E-state index contributed by atoms with van der Waals surface area (Å²) < 4.78 is 5.31. The van der Waals surface area contributed by atoms with E-state index in [4.69, 9.17) is 4.74 Å². The van der Waals surface area contributed by atoms with Crippen LogP contribution in [-0.2, 0) is 20.7 Å². The Balaban J connectivity index is 1.52. The first-order chi connectivity index (χ1) is 13.2. The Hall–Kier alpha value is -2.66. The predicted octanol–water partition coefficient (Wildman–Crippen LogP) is 2.49. The summed E-state index contributed by atoms with van der Waals surface area (Å²) in [7, 11) is 0. The highest BCUT2D eigenvalue weighted by Gasteiger charge is 2.40. The van der Waals surface area contributed by atoms with E-state index in [2.05, 4.69) is 18.2 Å². The number of nitrogens with zero attached hydrogens (tertiary/aromatic N) is 2. The third-order valence-electron chi connectivity index (χ3n) is 5.35. The largest absolute Gasteiger partial charge is 0.378 e. The van der Waals surface area contributed by atoms with Crippen LogP contribution in [0.1, 0.15) is 17.5 Å². The molecule has 2 fully saturated rings. The van der Waals surface area contributed by atoms with E-state index in [1.807, 2.05) is 36.4 Å². The van der Waals surface area contributed by atoms with Gasteiger partial charge in [0.25, 0.3) is 0 Å². The lowest BCUT2D eigenvalue weighted by atomic mass is 10.0. The highest BCUT2D eigenvalue weighted by atomic mass is 16.5. The molecule has 0 spiro atoms. The molecule has 27 heavy (non-hydrogen) atoms. The topological polar surface area (TPSA) is 49.9 Å². The van der Waals surface area contributed by atoms with Gasteiger partial charge in [-0.3, -0.25) is 9.59 Å². The fourth-order valence-corrected chi connectivity index (χ4v) is 3.89. The number of rotatable bonds is 4. The number of anilines is 1. The second-order valence-electron chi connectivity index (χ2n) is 7.06. The van der Waals surface area contributed by atoms with Crippen molar-refractivity contribution in [2.75, 3.05) is 37.7 Å². The fourth-order valence-electron chi connectivity index (χ4n) is 3.89. The molecule has 0 aromatic heterocycles. The first-order valence-electron chi connectivity index (χ1n) is 9.54. The van der Waals surface area contributed by atoms with Gasteiger partial charge >= 0.3 is 0 Å². The number of benzene rings is 2. The maximum absolute atomic E-state index is 13.0. The first-order valence-corrected chi connectivity index (χ1v) is 9.54. The van der Waals surface area contributed by atoms with Crippen molar-refractivity contribution in [2.24, 2.45) is 5.92 Å². The smallest absolute Gasteiger partial charge is 0.239 e. The Bertz CT molecular complexity index is 815. The van der Waals surface area contributed by atoms with Gasteiger partial charge in [-0.1, -0.05) is 48.5 Å². The van der Waals surface area contributed by atoms with Crippen LogP contribution in [-0.4, -0.2) is 49.6 Å². The van der Waals surface area contributed by atoms with Gasteiger partial charge in [-0.25, -0.2) is 0 Å². The Kier molecular flexibility index (Phi) is 5.21. The molecule has 2 aliphatic heterocycles. The normalized spacial score (nSPS) is 20.1. The second-order valence-corrected chi connectivity index (χ2v) is 7.06. The van der Waals surface area contributed by atoms with E-state index in [-0.39, 0.29) is 11.8 Å². The summed E-state index contributed by atoms with van der Waals surface area (Å²) in [5.74, 6) is -0.689. The van der Waals surface area contributed by atoms with Gasteiger partial charge in [0.2, 0.25) is 11.8 Å². The predicted molar refractivity (Wildman–Crippen MR) is 104 cm³/mol. The SMILES string of the molecule is O=C(C1CCN(c2ccccc2Cc2ccccc2)C1=O)N1CCOCC1. The van der Waals surface area contributed by atoms with Gasteiger partial charge in [0.15, 0.2) is 0 Å². The van der Waals surface area contributed by atoms with Crippen molar-refractivity contribution in [1.29, 1.82) is 0 Å². The number of ether oxygens (including phenoxy) is 1. The molecule has 0 radical (unpaired) electrons. The molecule has 4 rings (SSSR count). The number of morpholine rings is 1. The van der Waals surface area contributed by atoms with E-state index in [0.717, 1.165) is 17.7 Å². The average Bonchev–Trinajstić information content (AvgIpc) is 3.10. The third-order valence-corrected chi connectivity index (χ3v) is 5.35. The quantitative estimate of drug-likeness (QED) is 0.783. The Morgan fingerprint density at radius 1 is 0.963 bits per heavy atom. The summed E-state index contributed by atoms with van der Waals surface area (Å²) in [5, 5.41) is 0. The highest BCUT2D eigenvalue weighted by Crippen LogP contribution is 2.30. The molecule has 1 unspecified atom stereocenters. The first kappa shape index (κ1) is 17.7. The van der Waals surface area contributed by atoms with Crippen LogP contribution >= 0.6 is 0 Å². The molecule has 0 aliphatic carbocycles. The van der Waals surface area contributed by atoms with Crippen LogP contribution in [0.5, 0.6) is 0 Å². The number of hydrogen-bond acceptors (Lipinski definition) is 3. The summed E-state index contributed by atoms with van der Waals surface area (Å²) in [6.07, 6.45) is 1.34. The van der Waals surface area contributed by atoms with E-state index in [0.29, 0.717) is 39.3 Å². The van der Waals surface area contributed by atoms with Crippen LogP contribution in [0.15, 0.2) is 54.6 Å². The maximum atomic E-state index is 13.0. The van der Waals surface area contributed by atoms with E-state index in [1.165, 1.54) is 5.56 Å². The van der Waals surface area contributed by atoms with Gasteiger partial charge in [-0.2, -0.15) is 0 Å². The van der Waals surface area contributed by atoms with E-state index < -0.39 is 5.92 Å². The zero-order chi connectivity index (χ0) is 18.6. The number of amides is 2. The van der Waals surface area contributed by atoms with Crippen LogP contribution in [0.2, 0.25) is 0 Å². The lowest BCUT2D eigenvalue weighted by Gasteiger charge is -2.28. The molecule has 2 aromatic carbocycles. The van der Waals surface area contributed by atoms with Crippen LogP contribution in [0.4, 0.5) is 5.69 Å². The molecule has 0 saturated carbocycles. The van der Waals surface area contributed by atoms with Gasteiger partial charge in [-0.05, 0) is 30.0 Å². The molecular formula is C22H24N2O3. The van der Waals surface area contributed by atoms with Crippen molar-refractivity contribution in [3.63, 3.8) is 0 Å². The molecule has 2 aromatic rings. The molecule has 2 amide bonds. The summed E-state index contributed by atoms with van der Waals surface area (Å²) in [5.41, 5.74) is 3.23. The Morgan fingerprint density at radius 3 is 2.44 bits per heavy atom. The van der Waals surface area contributed by atoms with Crippen molar-refractivity contribution in [3.05, 3.63) is 65.7 Å². The zero-order valence-electron chi connectivity index (χ0n) is 15.3. The lowest BCUT2D eigenvalue weighted by Crippen LogP contribution is -2.45. The molecule has 5 nitrogen and oxygen atoms in total. The second kappa shape index (κ2) is 7.92. The number of carbonyl (C=O) groups is 2. The minimum Gasteiger partial charge on any atom is -0.378 e. The van der Waals surface area contributed by atoms with Gasteiger partial charge in [0.05, 0.1) is 13.2 Å². The summed E-state index contributed by atoms with van der Waals surface area (Å²) in [6.45, 7) is 2.85. The maximum Gasteiger partial charge on any atom is 0.239 e. The van der Waals surface area contributed by atoms with Gasteiger partial charge in [0, 0.05) is 25.3 Å². The molecule has 5 heteroatoms. The standard InChI is InChI=1S/C22H24N2O3/c25-21(23-12-14-27-15-13-23)19-10-11-24(22(19)26)20-9-5-4-8-18(20)16-17-6-2-1-3-7-17/h1-9,19H,10-16H2. The summed E-state index contributed by atoms with van der Waals surface area (Å²) in [6, 6.07) is 18.2. The molecule has 2 heterocycles. The Morgan fingerprint density at radius 2 is 1.67 bits per heavy atom. The molecule has 0 N–H and O–H groups in total. The minimum absolute atomic E-state index is 0.0497. The molecule has 0 bridgehead atoms. The summed E-state index contributed by atoms with van der Waals surface area (Å²) >= 11 is 0. The van der Waals surface area contributed by atoms with Crippen LogP contribution in [0, 0.1) is 5.92 Å². The minimum atomic E-state index is -0.562. The van der Waals surface area contributed by atoms with Crippen LogP contribution in [0.25, 0.3) is 0 Å². The van der Waals surface area contributed by atoms with Crippen molar-refractivity contribution >= 4 is 17.5 Å². The average molecular weight is 364 g/mol. The molecular weight excluding hydrogens is 340 g/mol. The van der Waals surface area contributed by atoms with Crippen molar-refractivity contribution in [2.45, 2.75) is 12.8 Å². The number of para-hydroxylation sites is 1. The van der Waals surface area contributed by atoms with Crippen molar-refractivity contribution in [3.8, 4) is 0 Å².